The zero-order chi connectivity index (χ0) is 8.89. The predicted molar refractivity (Wildman–Crippen MR) is 50.5 cm³/mol. The molecule has 3 heteroatoms. The summed E-state index contributed by atoms with van der Waals surface area (Å²) in [4.78, 5) is 2.60. The van der Waals surface area contributed by atoms with Gasteiger partial charge in [-0.1, -0.05) is 0 Å². The van der Waals surface area contributed by atoms with Crippen molar-refractivity contribution < 1.29 is 4.74 Å². The Labute approximate surface area is 79.2 Å². The molecule has 3 nitrogen and oxygen atoms in total. The Morgan fingerprint density at radius 3 is 2.31 bits per heavy atom. The van der Waals surface area contributed by atoms with E-state index >= 15 is 0 Å². The van der Waals surface area contributed by atoms with Crippen LogP contribution in [0.5, 0.6) is 0 Å². The fourth-order valence-corrected chi connectivity index (χ4v) is 2.80. The average molecular weight is 182 g/mol. The molecule has 3 aliphatic rings. The van der Waals surface area contributed by atoms with Crippen LogP contribution in [0.25, 0.3) is 0 Å². The standard InChI is InChI=1S/C10H18N2O/c11-7-10(3-4-10)12-5-8-1-2-9(6-12)13-8/h8-9H,1-7,11H2. The molecule has 1 saturated carbocycles. The number of hydrogen-bond donors (Lipinski definition) is 1. The zero-order valence-corrected chi connectivity index (χ0v) is 8.04. The summed E-state index contributed by atoms with van der Waals surface area (Å²) in [6, 6.07) is 0. The van der Waals surface area contributed by atoms with E-state index in [1.807, 2.05) is 0 Å². The largest absolute Gasteiger partial charge is 0.372 e. The van der Waals surface area contributed by atoms with Gasteiger partial charge in [-0.15, -0.1) is 0 Å². The molecule has 3 rings (SSSR count). The third-order valence-electron chi connectivity index (χ3n) is 3.92. The summed E-state index contributed by atoms with van der Waals surface area (Å²) in [5.74, 6) is 0. The molecule has 2 atom stereocenters. The summed E-state index contributed by atoms with van der Waals surface area (Å²) in [6.45, 7) is 3.11. The van der Waals surface area contributed by atoms with Crippen LogP contribution in [-0.4, -0.2) is 42.3 Å². The summed E-state index contributed by atoms with van der Waals surface area (Å²) in [5, 5.41) is 0. The number of nitrogens with zero attached hydrogens (tertiary/aromatic N) is 1. The minimum Gasteiger partial charge on any atom is -0.372 e. The molecule has 2 saturated heterocycles. The van der Waals surface area contributed by atoms with Gasteiger partial charge in [0.25, 0.3) is 0 Å². The van der Waals surface area contributed by atoms with Crippen LogP contribution >= 0.6 is 0 Å². The third-order valence-corrected chi connectivity index (χ3v) is 3.92. The van der Waals surface area contributed by atoms with Crippen LogP contribution < -0.4 is 5.73 Å². The lowest BCUT2D eigenvalue weighted by atomic mass is 10.2. The first-order chi connectivity index (χ1) is 6.32. The van der Waals surface area contributed by atoms with Gasteiger partial charge in [0.05, 0.1) is 12.2 Å². The molecule has 74 valence electrons. The van der Waals surface area contributed by atoms with Gasteiger partial charge < -0.3 is 10.5 Å². The van der Waals surface area contributed by atoms with Gasteiger partial charge in [0.15, 0.2) is 0 Å². The molecule has 2 unspecified atom stereocenters. The number of fused-ring (bicyclic) bond motifs is 2. The van der Waals surface area contributed by atoms with Crippen LogP contribution in [0.15, 0.2) is 0 Å². The molecule has 1 aliphatic carbocycles. The zero-order valence-electron chi connectivity index (χ0n) is 8.04. The molecule has 2 heterocycles. The maximum atomic E-state index is 5.83. The molecule has 0 aromatic rings. The second kappa shape index (κ2) is 2.69. The topological polar surface area (TPSA) is 38.5 Å². The predicted octanol–water partition coefficient (Wildman–Crippen LogP) is 0.341. The first-order valence-electron chi connectivity index (χ1n) is 5.43. The Morgan fingerprint density at radius 1 is 1.23 bits per heavy atom. The number of likely N-dealkylation sites (tertiary alicyclic amines) is 1. The van der Waals surface area contributed by atoms with E-state index in [-0.39, 0.29) is 0 Å². The van der Waals surface area contributed by atoms with Crippen LogP contribution in [-0.2, 0) is 4.74 Å². The van der Waals surface area contributed by atoms with E-state index in [1.165, 1.54) is 25.7 Å². The first kappa shape index (κ1) is 8.21. The molecule has 0 aromatic heterocycles. The van der Waals surface area contributed by atoms with Gasteiger partial charge in [-0.05, 0) is 25.7 Å². The second-order valence-electron chi connectivity index (χ2n) is 4.79. The number of ether oxygens (including phenoxy) is 1. The Morgan fingerprint density at radius 2 is 1.85 bits per heavy atom. The normalized spacial score (nSPS) is 42.2. The highest BCUT2D eigenvalue weighted by Gasteiger charge is 2.50. The van der Waals surface area contributed by atoms with Gasteiger partial charge in [-0.3, -0.25) is 4.90 Å². The Kier molecular flexibility index (Phi) is 1.70. The lowest BCUT2D eigenvalue weighted by molar-refractivity contribution is -0.0563. The summed E-state index contributed by atoms with van der Waals surface area (Å²) >= 11 is 0. The van der Waals surface area contributed by atoms with E-state index < -0.39 is 0 Å². The van der Waals surface area contributed by atoms with Crippen molar-refractivity contribution in [1.82, 2.24) is 4.90 Å². The molecule has 3 fully saturated rings. The Bertz CT molecular complexity index is 203. The van der Waals surface area contributed by atoms with Gasteiger partial charge in [-0.2, -0.15) is 0 Å². The third kappa shape index (κ3) is 1.22. The van der Waals surface area contributed by atoms with Crippen LogP contribution in [0.2, 0.25) is 0 Å². The van der Waals surface area contributed by atoms with E-state index in [4.69, 9.17) is 10.5 Å². The summed E-state index contributed by atoms with van der Waals surface area (Å²) in [6.07, 6.45) is 6.18. The van der Waals surface area contributed by atoms with Crippen molar-refractivity contribution in [3.05, 3.63) is 0 Å². The van der Waals surface area contributed by atoms with E-state index in [0.29, 0.717) is 17.7 Å². The van der Waals surface area contributed by atoms with E-state index in [2.05, 4.69) is 4.90 Å². The van der Waals surface area contributed by atoms with Crippen LogP contribution in [0.4, 0.5) is 0 Å². The van der Waals surface area contributed by atoms with Crippen molar-refractivity contribution in [2.45, 2.75) is 43.4 Å². The molecular weight excluding hydrogens is 164 g/mol. The van der Waals surface area contributed by atoms with E-state index in [9.17, 15) is 0 Å². The first-order valence-corrected chi connectivity index (χ1v) is 5.43. The number of rotatable bonds is 2. The monoisotopic (exact) mass is 182 g/mol. The van der Waals surface area contributed by atoms with Crippen molar-refractivity contribution >= 4 is 0 Å². The molecule has 2 bridgehead atoms. The van der Waals surface area contributed by atoms with Gasteiger partial charge in [0, 0.05) is 25.2 Å². The van der Waals surface area contributed by atoms with Crippen molar-refractivity contribution in [2.75, 3.05) is 19.6 Å². The Hall–Kier alpha value is -0.120. The van der Waals surface area contributed by atoms with Gasteiger partial charge in [0.2, 0.25) is 0 Å². The molecule has 0 aromatic carbocycles. The van der Waals surface area contributed by atoms with Crippen LogP contribution in [0, 0.1) is 0 Å². The minimum atomic E-state index is 0.393. The van der Waals surface area contributed by atoms with Crippen molar-refractivity contribution in [2.24, 2.45) is 5.73 Å². The molecule has 0 radical (unpaired) electrons. The van der Waals surface area contributed by atoms with Crippen LogP contribution in [0.1, 0.15) is 25.7 Å². The van der Waals surface area contributed by atoms with Crippen molar-refractivity contribution in [3.8, 4) is 0 Å². The summed E-state index contributed by atoms with van der Waals surface area (Å²) in [5.41, 5.74) is 6.22. The van der Waals surface area contributed by atoms with Gasteiger partial charge >= 0.3 is 0 Å². The molecule has 2 N–H and O–H groups in total. The number of morpholine rings is 1. The highest BCUT2D eigenvalue weighted by Crippen LogP contribution is 2.43. The highest BCUT2D eigenvalue weighted by molar-refractivity contribution is 5.07. The van der Waals surface area contributed by atoms with Gasteiger partial charge in [-0.25, -0.2) is 0 Å². The summed E-state index contributed by atoms with van der Waals surface area (Å²) < 4.78 is 5.81. The number of hydrogen-bond acceptors (Lipinski definition) is 3. The maximum absolute atomic E-state index is 5.83. The fraction of sp³-hybridized carbons (Fsp3) is 1.00. The molecule has 0 spiro atoms. The molecule has 13 heavy (non-hydrogen) atoms. The average Bonchev–Trinajstić information content (AvgIpc) is 2.89. The minimum absolute atomic E-state index is 0.393. The van der Waals surface area contributed by atoms with Gasteiger partial charge in [0.1, 0.15) is 0 Å². The quantitative estimate of drug-likeness (QED) is 0.669. The van der Waals surface area contributed by atoms with E-state index in [1.54, 1.807) is 0 Å². The molecular formula is C10H18N2O. The van der Waals surface area contributed by atoms with E-state index in [0.717, 1.165) is 19.6 Å². The number of nitrogens with two attached hydrogens (primary N) is 1. The smallest absolute Gasteiger partial charge is 0.0707 e. The lowest BCUT2D eigenvalue weighted by Gasteiger charge is -2.37. The Balaban J connectivity index is 1.72. The SMILES string of the molecule is NCC1(N2CC3CCC(C2)O3)CC1. The summed E-state index contributed by atoms with van der Waals surface area (Å²) in [7, 11) is 0. The van der Waals surface area contributed by atoms with Crippen LogP contribution in [0.3, 0.4) is 0 Å². The van der Waals surface area contributed by atoms with Crippen molar-refractivity contribution in [3.63, 3.8) is 0 Å². The molecule has 0 amide bonds. The fourth-order valence-electron chi connectivity index (χ4n) is 2.80. The maximum Gasteiger partial charge on any atom is 0.0707 e. The second-order valence-corrected chi connectivity index (χ2v) is 4.79. The lowest BCUT2D eigenvalue weighted by Crippen LogP contribution is -2.52. The molecule has 2 aliphatic heterocycles. The van der Waals surface area contributed by atoms with Crippen molar-refractivity contribution in [1.29, 1.82) is 0 Å². The highest BCUT2D eigenvalue weighted by atomic mass is 16.5.